The zero-order valence-corrected chi connectivity index (χ0v) is 7.12. The summed E-state index contributed by atoms with van der Waals surface area (Å²) < 4.78 is 0. The molecule has 62 valence electrons. The van der Waals surface area contributed by atoms with E-state index in [2.05, 4.69) is 16.9 Å². The van der Waals surface area contributed by atoms with E-state index >= 15 is 0 Å². The Morgan fingerprint density at radius 2 is 2.08 bits per heavy atom. The van der Waals surface area contributed by atoms with Crippen molar-refractivity contribution in [1.82, 2.24) is 0 Å². The number of nitrogens with zero attached hydrogens (tertiary/aromatic N) is 1. The van der Waals surface area contributed by atoms with Gasteiger partial charge in [0.25, 0.3) is 0 Å². The van der Waals surface area contributed by atoms with Crippen LogP contribution in [0.5, 0.6) is 0 Å². The van der Waals surface area contributed by atoms with Crippen molar-refractivity contribution in [1.29, 1.82) is 0 Å². The highest BCUT2D eigenvalue weighted by Crippen LogP contribution is 2.06. The molecule has 0 heterocycles. The first-order chi connectivity index (χ1) is 5.83. The maximum atomic E-state index is 3.84. The van der Waals surface area contributed by atoms with E-state index in [-0.39, 0.29) is 0 Å². The molecule has 2 heteroatoms. The van der Waals surface area contributed by atoms with Crippen LogP contribution < -0.4 is 5.32 Å². The highest BCUT2D eigenvalue weighted by Gasteiger charge is 1.88. The van der Waals surface area contributed by atoms with Gasteiger partial charge in [0.1, 0.15) is 0 Å². The maximum absolute atomic E-state index is 3.84. The Bertz CT molecular complexity index is 275. The van der Waals surface area contributed by atoms with Gasteiger partial charge in [0.15, 0.2) is 0 Å². The first-order valence-corrected chi connectivity index (χ1v) is 3.76. The molecular formula is C10H12N2. The summed E-state index contributed by atoms with van der Waals surface area (Å²) in [5, 5.41) is 3.10. The summed E-state index contributed by atoms with van der Waals surface area (Å²) in [7, 11) is 1.72. The van der Waals surface area contributed by atoms with Crippen molar-refractivity contribution in [2.45, 2.75) is 0 Å². The van der Waals surface area contributed by atoms with Gasteiger partial charge < -0.3 is 5.32 Å². The van der Waals surface area contributed by atoms with Crippen molar-refractivity contribution < 1.29 is 0 Å². The number of aliphatic imine (C=N–C) groups is 1. The average Bonchev–Trinajstić information content (AvgIpc) is 2.06. The Balaban J connectivity index is 2.59. The number of benzene rings is 1. The summed E-state index contributed by atoms with van der Waals surface area (Å²) in [6.07, 6.45) is 1.69. The number of allylic oxidation sites excluding steroid dienone is 1. The molecule has 2 nitrogen and oxygen atoms in total. The molecule has 0 aromatic heterocycles. The van der Waals surface area contributed by atoms with Gasteiger partial charge >= 0.3 is 0 Å². The van der Waals surface area contributed by atoms with Crippen LogP contribution in [0.15, 0.2) is 47.6 Å². The molecule has 0 amide bonds. The molecule has 0 aliphatic heterocycles. The van der Waals surface area contributed by atoms with Crippen molar-refractivity contribution >= 4 is 11.9 Å². The van der Waals surface area contributed by atoms with Gasteiger partial charge in [-0.3, -0.25) is 4.99 Å². The second-order valence-electron chi connectivity index (χ2n) is 2.40. The average molecular weight is 160 g/mol. The molecule has 0 saturated carbocycles. The van der Waals surface area contributed by atoms with Gasteiger partial charge in [-0.2, -0.15) is 0 Å². The Hall–Kier alpha value is -1.57. The Kier molecular flexibility index (Phi) is 3.08. The van der Waals surface area contributed by atoms with Crippen molar-refractivity contribution in [2.75, 3.05) is 12.4 Å². The Morgan fingerprint density at radius 1 is 1.42 bits per heavy atom. The second kappa shape index (κ2) is 4.34. The maximum Gasteiger partial charge on any atom is 0.0492 e. The minimum atomic E-state index is 0.795. The summed E-state index contributed by atoms with van der Waals surface area (Å²) in [5.41, 5.74) is 1.83. The van der Waals surface area contributed by atoms with Crippen molar-refractivity contribution in [3.8, 4) is 0 Å². The Labute approximate surface area is 72.6 Å². The van der Waals surface area contributed by atoms with Crippen LogP contribution in [0.2, 0.25) is 0 Å². The normalized spacial score (nSPS) is 10.1. The standard InChI is InChI=1S/C10H12N2/c1-9(8-11-2)12-10-6-4-3-5-7-10/h3-8,12H,1H2,2H3. The fourth-order valence-electron chi connectivity index (χ4n) is 0.895. The number of anilines is 1. The highest BCUT2D eigenvalue weighted by molar-refractivity contribution is 5.82. The largest absolute Gasteiger partial charge is 0.355 e. The van der Waals surface area contributed by atoms with Gasteiger partial charge in [0, 0.05) is 24.6 Å². The first-order valence-electron chi connectivity index (χ1n) is 3.76. The molecule has 0 bridgehead atoms. The highest BCUT2D eigenvalue weighted by atomic mass is 14.9. The third kappa shape index (κ3) is 2.58. The minimum Gasteiger partial charge on any atom is -0.355 e. The molecule has 0 spiro atoms. The van der Waals surface area contributed by atoms with Crippen molar-refractivity contribution in [3.63, 3.8) is 0 Å². The lowest BCUT2D eigenvalue weighted by atomic mass is 10.3. The van der Waals surface area contributed by atoms with E-state index in [0.29, 0.717) is 0 Å². The van der Waals surface area contributed by atoms with Crippen molar-refractivity contribution in [3.05, 3.63) is 42.6 Å². The molecule has 1 aromatic carbocycles. The minimum absolute atomic E-state index is 0.795. The van der Waals surface area contributed by atoms with E-state index in [9.17, 15) is 0 Å². The fourth-order valence-corrected chi connectivity index (χ4v) is 0.895. The molecule has 0 unspecified atom stereocenters. The molecule has 0 fully saturated rings. The number of rotatable bonds is 3. The van der Waals surface area contributed by atoms with Crippen molar-refractivity contribution in [2.24, 2.45) is 4.99 Å². The predicted molar refractivity (Wildman–Crippen MR) is 53.6 cm³/mol. The first kappa shape index (κ1) is 8.53. The lowest BCUT2D eigenvalue weighted by molar-refractivity contribution is 1.44. The third-order valence-electron chi connectivity index (χ3n) is 1.36. The topological polar surface area (TPSA) is 24.4 Å². The third-order valence-corrected chi connectivity index (χ3v) is 1.36. The summed E-state index contributed by atoms with van der Waals surface area (Å²) in [6.45, 7) is 3.78. The molecule has 12 heavy (non-hydrogen) atoms. The summed E-state index contributed by atoms with van der Waals surface area (Å²) in [6, 6.07) is 9.88. The van der Waals surface area contributed by atoms with Gasteiger partial charge in [0.2, 0.25) is 0 Å². The Morgan fingerprint density at radius 3 is 2.67 bits per heavy atom. The molecule has 0 aliphatic rings. The van der Waals surface area contributed by atoms with Crippen LogP contribution in [0.3, 0.4) is 0 Å². The van der Waals surface area contributed by atoms with Crippen LogP contribution in [-0.4, -0.2) is 13.3 Å². The van der Waals surface area contributed by atoms with Crippen LogP contribution in [0, 0.1) is 0 Å². The van der Waals surface area contributed by atoms with Crippen LogP contribution in [0.25, 0.3) is 0 Å². The van der Waals surface area contributed by atoms with Crippen LogP contribution in [-0.2, 0) is 0 Å². The number of nitrogens with one attached hydrogen (secondary N) is 1. The van der Waals surface area contributed by atoms with Gasteiger partial charge in [-0.1, -0.05) is 24.8 Å². The zero-order valence-electron chi connectivity index (χ0n) is 7.12. The molecule has 1 rings (SSSR count). The van der Waals surface area contributed by atoms with Gasteiger partial charge in [-0.25, -0.2) is 0 Å². The number of para-hydroxylation sites is 1. The fraction of sp³-hybridized carbons (Fsp3) is 0.100. The van der Waals surface area contributed by atoms with E-state index in [0.717, 1.165) is 11.4 Å². The SMILES string of the molecule is C=C(C=NC)Nc1ccccc1. The molecule has 0 atom stereocenters. The number of hydrogen-bond acceptors (Lipinski definition) is 2. The van der Waals surface area contributed by atoms with E-state index in [1.807, 2.05) is 30.3 Å². The van der Waals surface area contributed by atoms with Crippen LogP contribution >= 0.6 is 0 Å². The summed E-state index contributed by atoms with van der Waals surface area (Å²) >= 11 is 0. The van der Waals surface area contributed by atoms with E-state index in [1.54, 1.807) is 13.3 Å². The van der Waals surface area contributed by atoms with Gasteiger partial charge in [-0.15, -0.1) is 0 Å². The number of hydrogen-bond donors (Lipinski definition) is 1. The molecule has 0 aliphatic carbocycles. The van der Waals surface area contributed by atoms with E-state index < -0.39 is 0 Å². The van der Waals surface area contributed by atoms with Gasteiger partial charge in [-0.05, 0) is 12.1 Å². The lowest BCUT2D eigenvalue weighted by Crippen LogP contribution is -1.97. The van der Waals surface area contributed by atoms with E-state index in [4.69, 9.17) is 0 Å². The lowest BCUT2D eigenvalue weighted by Gasteiger charge is -2.03. The van der Waals surface area contributed by atoms with Crippen LogP contribution in [0.4, 0.5) is 5.69 Å². The smallest absolute Gasteiger partial charge is 0.0492 e. The quantitative estimate of drug-likeness (QED) is 0.674. The molecule has 1 N–H and O–H groups in total. The monoisotopic (exact) mass is 160 g/mol. The molecular weight excluding hydrogens is 148 g/mol. The molecule has 0 saturated heterocycles. The molecule has 1 aromatic rings. The predicted octanol–water partition coefficient (Wildman–Crippen LogP) is 2.31. The summed E-state index contributed by atoms with van der Waals surface area (Å²) in [5.74, 6) is 0. The van der Waals surface area contributed by atoms with E-state index in [1.165, 1.54) is 0 Å². The van der Waals surface area contributed by atoms with Crippen LogP contribution in [0.1, 0.15) is 0 Å². The molecule has 0 radical (unpaired) electrons. The zero-order chi connectivity index (χ0) is 8.81. The van der Waals surface area contributed by atoms with Gasteiger partial charge in [0.05, 0.1) is 0 Å². The summed E-state index contributed by atoms with van der Waals surface area (Å²) in [4.78, 5) is 3.84. The second-order valence-corrected chi connectivity index (χ2v) is 2.40.